The first kappa shape index (κ1) is 15.5. The van der Waals surface area contributed by atoms with Crippen molar-refractivity contribution in [3.05, 3.63) is 65.7 Å². The second-order valence-corrected chi connectivity index (χ2v) is 6.94. The number of pyridine rings is 1. The maximum absolute atomic E-state index is 13.0. The van der Waals surface area contributed by atoms with Crippen molar-refractivity contribution in [2.24, 2.45) is 5.92 Å². The van der Waals surface area contributed by atoms with Gasteiger partial charge in [-0.15, -0.1) is 0 Å². The first-order chi connectivity index (χ1) is 11.7. The Morgan fingerprint density at radius 3 is 2.42 bits per heavy atom. The number of carbonyl (C=O) groups is 1. The topological polar surface area (TPSA) is 33.2 Å². The highest BCUT2D eigenvalue weighted by Gasteiger charge is 2.42. The number of nitrogens with zero attached hydrogens (tertiary/aromatic N) is 2. The Hall–Kier alpha value is -2.07. The number of carbonyl (C=O) groups excluding carboxylic acids is 1. The molecule has 124 valence electrons. The fourth-order valence-electron chi connectivity index (χ4n) is 4.27. The van der Waals surface area contributed by atoms with Crippen molar-refractivity contribution in [3.8, 4) is 0 Å². The molecule has 0 radical (unpaired) electrons. The van der Waals surface area contributed by atoms with Crippen molar-refractivity contribution in [2.45, 2.75) is 44.3 Å². The van der Waals surface area contributed by atoms with Crippen LogP contribution in [0.3, 0.4) is 0 Å². The van der Waals surface area contributed by atoms with E-state index in [1.807, 2.05) is 6.07 Å². The number of halogens is 1. The molecule has 0 saturated carbocycles. The highest BCUT2D eigenvalue weighted by Crippen LogP contribution is 2.40. The van der Waals surface area contributed by atoms with Crippen molar-refractivity contribution in [1.29, 1.82) is 0 Å². The minimum Gasteiger partial charge on any atom is -0.293 e. The molecular weight excluding hydrogens is 303 g/mol. The Morgan fingerprint density at radius 1 is 1.08 bits per heavy atom. The third-order valence-corrected chi connectivity index (χ3v) is 5.44. The minimum absolute atomic E-state index is 0.0208. The summed E-state index contributed by atoms with van der Waals surface area (Å²) in [7, 11) is 0. The van der Waals surface area contributed by atoms with Gasteiger partial charge in [0.1, 0.15) is 11.5 Å². The van der Waals surface area contributed by atoms with E-state index in [9.17, 15) is 9.18 Å². The minimum atomic E-state index is -0.399. The number of rotatable bonds is 4. The van der Waals surface area contributed by atoms with E-state index in [1.165, 1.54) is 17.7 Å². The second kappa shape index (κ2) is 6.44. The lowest BCUT2D eigenvalue weighted by Crippen LogP contribution is -2.44. The van der Waals surface area contributed by atoms with Crippen molar-refractivity contribution >= 4 is 5.78 Å². The molecule has 0 amide bonds. The number of piperidine rings is 1. The number of Topliss-reactive ketones (excluding diaryl/α,β-unsaturated/α-hetero) is 1. The summed E-state index contributed by atoms with van der Waals surface area (Å²) in [5.41, 5.74) is 1.73. The summed E-state index contributed by atoms with van der Waals surface area (Å²) in [5.74, 6) is -0.303. The van der Waals surface area contributed by atoms with Gasteiger partial charge in [0.25, 0.3) is 0 Å². The summed E-state index contributed by atoms with van der Waals surface area (Å²) in [6, 6.07) is 14.3. The Labute approximate surface area is 141 Å². The van der Waals surface area contributed by atoms with Gasteiger partial charge < -0.3 is 0 Å². The summed E-state index contributed by atoms with van der Waals surface area (Å²) in [6.45, 7) is 0.964. The molecule has 0 spiro atoms. The Kier molecular flexibility index (Phi) is 4.15. The largest absolute Gasteiger partial charge is 0.293 e. The fourth-order valence-corrected chi connectivity index (χ4v) is 4.27. The zero-order valence-corrected chi connectivity index (χ0v) is 13.6. The molecule has 2 aliphatic rings. The second-order valence-electron chi connectivity index (χ2n) is 6.94. The van der Waals surface area contributed by atoms with Gasteiger partial charge in [-0.25, -0.2) is 4.39 Å². The molecule has 2 aromatic rings. The summed E-state index contributed by atoms with van der Waals surface area (Å²) >= 11 is 0. The monoisotopic (exact) mass is 324 g/mol. The van der Waals surface area contributed by atoms with Crippen molar-refractivity contribution in [2.75, 3.05) is 0 Å². The van der Waals surface area contributed by atoms with Gasteiger partial charge in [-0.1, -0.05) is 30.3 Å². The number of aromatic nitrogens is 1. The maximum Gasteiger partial charge on any atom is 0.184 e. The molecule has 3 heterocycles. The van der Waals surface area contributed by atoms with Gasteiger partial charge in [-0.05, 0) is 43.4 Å². The van der Waals surface area contributed by atoms with E-state index < -0.39 is 5.82 Å². The normalized spacial score (nSPS) is 26.5. The smallest absolute Gasteiger partial charge is 0.184 e. The molecular formula is C20H21FN2O. The van der Waals surface area contributed by atoms with E-state index in [4.69, 9.17) is 0 Å². The van der Waals surface area contributed by atoms with Crippen molar-refractivity contribution in [3.63, 3.8) is 0 Å². The number of benzene rings is 1. The van der Waals surface area contributed by atoms with Gasteiger partial charge in [-0.2, -0.15) is 0 Å². The molecule has 2 bridgehead atoms. The first-order valence-corrected chi connectivity index (χ1v) is 8.66. The molecule has 0 N–H and O–H groups in total. The molecule has 2 unspecified atom stereocenters. The lowest BCUT2D eigenvalue weighted by atomic mass is 9.86. The first-order valence-electron chi connectivity index (χ1n) is 8.66. The SMILES string of the molecule is O=C(c1ccc(F)cn1)C1CC2CCC(C1)N2Cc1ccccc1. The van der Waals surface area contributed by atoms with Crippen LogP contribution in [-0.2, 0) is 6.54 Å². The van der Waals surface area contributed by atoms with Crippen LogP contribution in [-0.4, -0.2) is 27.8 Å². The van der Waals surface area contributed by atoms with E-state index in [2.05, 4.69) is 34.1 Å². The molecule has 2 atom stereocenters. The Morgan fingerprint density at radius 2 is 1.79 bits per heavy atom. The van der Waals surface area contributed by atoms with Crippen LogP contribution in [0.1, 0.15) is 41.7 Å². The highest BCUT2D eigenvalue weighted by atomic mass is 19.1. The van der Waals surface area contributed by atoms with Gasteiger partial charge >= 0.3 is 0 Å². The number of hydrogen-bond donors (Lipinski definition) is 0. The van der Waals surface area contributed by atoms with Crippen LogP contribution >= 0.6 is 0 Å². The van der Waals surface area contributed by atoms with Gasteiger partial charge in [-0.3, -0.25) is 14.7 Å². The van der Waals surface area contributed by atoms with Crippen molar-refractivity contribution in [1.82, 2.24) is 9.88 Å². The zero-order valence-electron chi connectivity index (χ0n) is 13.6. The predicted octanol–water partition coefficient (Wildman–Crippen LogP) is 3.85. The molecule has 2 saturated heterocycles. The molecule has 3 nitrogen and oxygen atoms in total. The van der Waals surface area contributed by atoms with E-state index >= 15 is 0 Å². The van der Waals surface area contributed by atoms with Crippen LogP contribution in [0, 0.1) is 11.7 Å². The van der Waals surface area contributed by atoms with E-state index in [0.29, 0.717) is 17.8 Å². The summed E-state index contributed by atoms with van der Waals surface area (Å²) in [6.07, 6.45) is 5.24. The molecule has 0 aliphatic carbocycles. The van der Waals surface area contributed by atoms with Crippen LogP contribution in [0.5, 0.6) is 0 Å². The van der Waals surface area contributed by atoms with Gasteiger partial charge in [0.15, 0.2) is 5.78 Å². The summed E-state index contributed by atoms with van der Waals surface area (Å²) in [4.78, 5) is 19.2. The summed E-state index contributed by atoms with van der Waals surface area (Å²) in [5, 5.41) is 0. The van der Waals surface area contributed by atoms with Crippen LogP contribution in [0.2, 0.25) is 0 Å². The summed E-state index contributed by atoms with van der Waals surface area (Å²) < 4.78 is 13.0. The zero-order chi connectivity index (χ0) is 16.5. The molecule has 4 rings (SSSR count). The van der Waals surface area contributed by atoms with Gasteiger partial charge in [0.05, 0.1) is 6.20 Å². The molecule has 1 aromatic carbocycles. The van der Waals surface area contributed by atoms with Crippen molar-refractivity contribution < 1.29 is 9.18 Å². The molecule has 2 fully saturated rings. The Bertz CT molecular complexity index is 702. The van der Waals surface area contributed by atoms with E-state index in [0.717, 1.165) is 38.4 Å². The number of hydrogen-bond acceptors (Lipinski definition) is 3. The molecule has 1 aromatic heterocycles. The average Bonchev–Trinajstić information content (AvgIpc) is 2.84. The third-order valence-electron chi connectivity index (χ3n) is 5.44. The molecule has 2 aliphatic heterocycles. The molecule has 24 heavy (non-hydrogen) atoms. The predicted molar refractivity (Wildman–Crippen MR) is 90.0 cm³/mol. The van der Waals surface area contributed by atoms with Crippen LogP contribution < -0.4 is 0 Å². The van der Waals surface area contributed by atoms with Crippen LogP contribution in [0.4, 0.5) is 4.39 Å². The lowest BCUT2D eigenvalue weighted by molar-refractivity contribution is 0.0674. The standard InChI is InChI=1S/C20H21FN2O/c21-16-6-9-19(22-12-16)20(24)15-10-17-7-8-18(11-15)23(17)13-14-4-2-1-3-5-14/h1-6,9,12,15,17-18H,7-8,10-11,13H2. The van der Waals surface area contributed by atoms with Gasteiger partial charge in [0.2, 0.25) is 0 Å². The molecule has 4 heteroatoms. The van der Waals surface area contributed by atoms with Gasteiger partial charge in [0, 0.05) is 24.5 Å². The highest BCUT2D eigenvalue weighted by molar-refractivity contribution is 5.96. The fraction of sp³-hybridized carbons (Fsp3) is 0.400. The maximum atomic E-state index is 13.0. The van der Waals surface area contributed by atoms with E-state index in [-0.39, 0.29) is 11.7 Å². The number of fused-ring (bicyclic) bond motifs is 2. The Balaban J connectivity index is 1.46. The van der Waals surface area contributed by atoms with Crippen LogP contribution in [0.25, 0.3) is 0 Å². The lowest BCUT2D eigenvalue weighted by Gasteiger charge is -2.38. The quantitative estimate of drug-likeness (QED) is 0.801. The average molecular weight is 324 g/mol. The number of ketones is 1. The third kappa shape index (κ3) is 2.98. The van der Waals surface area contributed by atoms with E-state index in [1.54, 1.807) is 0 Å². The van der Waals surface area contributed by atoms with Crippen LogP contribution in [0.15, 0.2) is 48.7 Å².